The molecule has 0 spiro atoms. The first-order valence-electron chi connectivity index (χ1n) is 8.66. The van der Waals surface area contributed by atoms with E-state index in [1.54, 1.807) is 0 Å². The summed E-state index contributed by atoms with van der Waals surface area (Å²) in [4.78, 5) is 20.7. The molecule has 24 heavy (non-hydrogen) atoms. The van der Waals surface area contributed by atoms with Gasteiger partial charge < -0.3 is 14.2 Å². The molecule has 128 valence electrons. The molecule has 1 saturated carbocycles. The Balaban J connectivity index is 1.35. The standard InChI is InChI=1S/C18H22ClN3O2/c1-21(17(23)13-2-3-13)11-12-6-8-22(9-7-12)18-20-15-10-14(19)4-5-16(15)24-18/h4-5,10,12-13H,2-3,6-9,11H2,1H3. The molecule has 5 nitrogen and oxygen atoms in total. The number of hydrogen-bond acceptors (Lipinski definition) is 4. The third kappa shape index (κ3) is 3.22. The van der Waals surface area contributed by atoms with E-state index in [1.165, 1.54) is 0 Å². The number of nitrogens with zero attached hydrogens (tertiary/aromatic N) is 3. The molecule has 2 fully saturated rings. The van der Waals surface area contributed by atoms with Crippen molar-refractivity contribution in [2.24, 2.45) is 11.8 Å². The number of halogens is 1. The summed E-state index contributed by atoms with van der Waals surface area (Å²) in [6.45, 7) is 2.69. The number of piperidine rings is 1. The highest BCUT2D eigenvalue weighted by molar-refractivity contribution is 6.31. The topological polar surface area (TPSA) is 49.6 Å². The Kier molecular flexibility index (Phi) is 4.12. The molecule has 2 aromatic rings. The molecule has 0 radical (unpaired) electrons. The normalized spacial score (nSPS) is 19.0. The fourth-order valence-corrected chi connectivity index (χ4v) is 3.62. The van der Waals surface area contributed by atoms with Crippen LogP contribution in [0.25, 0.3) is 11.1 Å². The van der Waals surface area contributed by atoms with Crippen LogP contribution in [-0.4, -0.2) is 42.5 Å². The number of hydrogen-bond donors (Lipinski definition) is 0. The van der Waals surface area contributed by atoms with Gasteiger partial charge in [0.15, 0.2) is 5.58 Å². The molecule has 6 heteroatoms. The highest BCUT2D eigenvalue weighted by Gasteiger charge is 2.33. The van der Waals surface area contributed by atoms with Crippen molar-refractivity contribution in [2.45, 2.75) is 25.7 Å². The quantitative estimate of drug-likeness (QED) is 0.848. The van der Waals surface area contributed by atoms with Gasteiger partial charge >= 0.3 is 0 Å². The van der Waals surface area contributed by atoms with E-state index < -0.39 is 0 Å². The van der Waals surface area contributed by atoms with Crippen LogP contribution in [0.5, 0.6) is 0 Å². The van der Waals surface area contributed by atoms with Gasteiger partial charge in [0.1, 0.15) is 5.52 Å². The second-order valence-corrected chi connectivity index (χ2v) is 7.47. The number of aromatic nitrogens is 1. The smallest absolute Gasteiger partial charge is 0.298 e. The molecule has 1 amide bonds. The SMILES string of the molecule is CN(CC1CCN(c2nc3cc(Cl)ccc3o2)CC1)C(=O)C1CC1. The van der Waals surface area contributed by atoms with Crippen molar-refractivity contribution < 1.29 is 9.21 Å². The van der Waals surface area contributed by atoms with Crippen molar-refractivity contribution >= 4 is 34.6 Å². The third-order valence-electron chi connectivity index (χ3n) is 5.06. The second kappa shape index (κ2) is 6.28. The third-order valence-corrected chi connectivity index (χ3v) is 5.29. The van der Waals surface area contributed by atoms with Crippen LogP contribution in [0, 0.1) is 11.8 Å². The molecule has 1 aliphatic heterocycles. The van der Waals surface area contributed by atoms with Crippen molar-refractivity contribution in [3.63, 3.8) is 0 Å². The minimum atomic E-state index is 0.307. The van der Waals surface area contributed by atoms with Crippen LogP contribution in [0.1, 0.15) is 25.7 Å². The van der Waals surface area contributed by atoms with Gasteiger partial charge in [-0.3, -0.25) is 4.79 Å². The first-order valence-corrected chi connectivity index (χ1v) is 9.04. The summed E-state index contributed by atoms with van der Waals surface area (Å²) in [5.41, 5.74) is 1.57. The number of fused-ring (bicyclic) bond motifs is 1. The van der Waals surface area contributed by atoms with E-state index in [9.17, 15) is 4.79 Å². The van der Waals surface area contributed by atoms with E-state index >= 15 is 0 Å². The summed E-state index contributed by atoms with van der Waals surface area (Å²) in [5, 5.41) is 0.671. The predicted molar refractivity (Wildman–Crippen MR) is 94.3 cm³/mol. The zero-order chi connectivity index (χ0) is 16.7. The Hall–Kier alpha value is -1.75. The number of benzene rings is 1. The maximum absolute atomic E-state index is 12.1. The van der Waals surface area contributed by atoms with Gasteiger partial charge in [-0.25, -0.2) is 0 Å². The molecule has 1 saturated heterocycles. The average molecular weight is 348 g/mol. The number of anilines is 1. The number of oxazole rings is 1. The van der Waals surface area contributed by atoms with Crippen LogP contribution in [0.4, 0.5) is 6.01 Å². The Morgan fingerprint density at radius 3 is 2.79 bits per heavy atom. The summed E-state index contributed by atoms with van der Waals surface area (Å²) in [6, 6.07) is 6.18. The lowest BCUT2D eigenvalue weighted by atomic mass is 9.96. The number of carbonyl (C=O) groups excluding carboxylic acids is 1. The lowest BCUT2D eigenvalue weighted by Gasteiger charge is -2.33. The molecular formula is C18H22ClN3O2. The average Bonchev–Trinajstić information content (AvgIpc) is 3.34. The zero-order valence-corrected chi connectivity index (χ0v) is 14.6. The van der Waals surface area contributed by atoms with Gasteiger partial charge in [0.05, 0.1) is 0 Å². The summed E-state index contributed by atoms with van der Waals surface area (Å²) in [7, 11) is 1.94. The van der Waals surface area contributed by atoms with E-state index in [0.717, 1.165) is 56.4 Å². The van der Waals surface area contributed by atoms with Crippen LogP contribution < -0.4 is 4.90 Å². The fraction of sp³-hybridized carbons (Fsp3) is 0.556. The van der Waals surface area contributed by atoms with Gasteiger partial charge in [0.25, 0.3) is 6.01 Å². The molecular weight excluding hydrogens is 326 g/mol. The molecule has 2 heterocycles. The van der Waals surface area contributed by atoms with Crippen molar-refractivity contribution in [3.8, 4) is 0 Å². The summed E-state index contributed by atoms with van der Waals surface area (Å²) in [5.74, 6) is 1.20. The minimum absolute atomic E-state index is 0.307. The van der Waals surface area contributed by atoms with Crippen LogP contribution in [0.2, 0.25) is 5.02 Å². The van der Waals surface area contributed by atoms with Crippen molar-refractivity contribution in [2.75, 3.05) is 31.6 Å². The summed E-state index contributed by atoms with van der Waals surface area (Å²) < 4.78 is 5.85. The fourth-order valence-electron chi connectivity index (χ4n) is 3.45. The van der Waals surface area contributed by atoms with E-state index in [1.807, 2.05) is 30.1 Å². The molecule has 1 aromatic carbocycles. The molecule has 4 rings (SSSR count). The molecule has 1 aliphatic carbocycles. The van der Waals surface area contributed by atoms with E-state index in [-0.39, 0.29) is 0 Å². The zero-order valence-electron chi connectivity index (χ0n) is 13.9. The van der Waals surface area contributed by atoms with E-state index in [2.05, 4.69) is 9.88 Å². The van der Waals surface area contributed by atoms with Crippen molar-refractivity contribution in [1.29, 1.82) is 0 Å². The Morgan fingerprint density at radius 2 is 2.08 bits per heavy atom. The Morgan fingerprint density at radius 1 is 1.33 bits per heavy atom. The van der Waals surface area contributed by atoms with Crippen LogP contribution in [-0.2, 0) is 4.79 Å². The van der Waals surface area contributed by atoms with Gasteiger partial charge in [0.2, 0.25) is 5.91 Å². The van der Waals surface area contributed by atoms with Crippen molar-refractivity contribution in [3.05, 3.63) is 23.2 Å². The lowest BCUT2D eigenvalue weighted by Crippen LogP contribution is -2.40. The Labute approximate surface area is 146 Å². The van der Waals surface area contributed by atoms with Crippen molar-refractivity contribution in [1.82, 2.24) is 9.88 Å². The van der Waals surface area contributed by atoms with Gasteiger partial charge in [-0.1, -0.05) is 11.6 Å². The first-order chi connectivity index (χ1) is 11.6. The highest BCUT2D eigenvalue weighted by Crippen LogP contribution is 2.32. The molecule has 2 aliphatic rings. The van der Waals surface area contributed by atoms with E-state index in [4.69, 9.17) is 16.0 Å². The molecule has 0 bridgehead atoms. The van der Waals surface area contributed by atoms with E-state index in [0.29, 0.717) is 28.8 Å². The van der Waals surface area contributed by atoms with Gasteiger partial charge in [-0.2, -0.15) is 4.98 Å². The number of amides is 1. The molecule has 0 unspecified atom stereocenters. The summed E-state index contributed by atoms with van der Waals surface area (Å²) >= 11 is 6.01. The maximum atomic E-state index is 12.1. The van der Waals surface area contributed by atoms with Gasteiger partial charge in [-0.15, -0.1) is 0 Å². The molecule has 0 N–H and O–H groups in total. The number of carbonyl (C=O) groups is 1. The predicted octanol–water partition coefficient (Wildman–Crippen LogP) is 3.57. The maximum Gasteiger partial charge on any atom is 0.298 e. The summed E-state index contributed by atoms with van der Waals surface area (Å²) in [6.07, 6.45) is 4.26. The highest BCUT2D eigenvalue weighted by atomic mass is 35.5. The largest absolute Gasteiger partial charge is 0.423 e. The van der Waals surface area contributed by atoms with Crippen LogP contribution >= 0.6 is 11.6 Å². The van der Waals surface area contributed by atoms with Gasteiger partial charge in [0, 0.05) is 37.6 Å². The lowest BCUT2D eigenvalue weighted by molar-refractivity contribution is -0.131. The minimum Gasteiger partial charge on any atom is -0.423 e. The second-order valence-electron chi connectivity index (χ2n) is 7.03. The number of rotatable bonds is 4. The Bertz CT molecular complexity index is 748. The van der Waals surface area contributed by atoms with Gasteiger partial charge in [-0.05, 0) is 49.8 Å². The van der Waals surface area contributed by atoms with Crippen LogP contribution in [0.15, 0.2) is 22.6 Å². The monoisotopic (exact) mass is 347 g/mol. The molecule has 1 aromatic heterocycles. The molecule has 0 atom stereocenters. The first kappa shape index (κ1) is 15.8. The van der Waals surface area contributed by atoms with Crippen LogP contribution in [0.3, 0.4) is 0 Å².